The fourth-order valence-electron chi connectivity index (χ4n) is 4.09. The van der Waals surface area contributed by atoms with E-state index in [-0.39, 0.29) is 45.2 Å². The van der Waals surface area contributed by atoms with Crippen LogP contribution in [-0.4, -0.2) is 77.2 Å². The molecule has 3 N–H and O–H groups in total. The van der Waals surface area contributed by atoms with Crippen LogP contribution in [0.2, 0.25) is 0 Å². The number of aromatic nitrogens is 1. The summed E-state index contributed by atoms with van der Waals surface area (Å²) in [6.07, 6.45) is 1.05. The predicted molar refractivity (Wildman–Crippen MR) is 142 cm³/mol. The summed E-state index contributed by atoms with van der Waals surface area (Å²) in [7, 11) is 0. The molecule has 0 aliphatic carbocycles. The molecule has 0 unspecified atom stereocenters. The Morgan fingerprint density at radius 1 is 1.32 bits per heavy atom. The van der Waals surface area contributed by atoms with Gasteiger partial charge in [0.15, 0.2) is 0 Å². The van der Waals surface area contributed by atoms with Crippen molar-refractivity contribution in [1.29, 1.82) is 0 Å². The van der Waals surface area contributed by atoms with Crippen LogP contribution in [0.5, 0.6) is 0 Å². The molecule has 12 nitrogen and oxygen atoms in total. The number of aliphatic hydroxyl groups excluding tert-OH is 1. The second kappa shape index (κ2) is 13.3. The number of nitrogens with one attached hydrogen (secondary N) is 2. The Hall–Kier alpha value is -3.51. The van der Waals surface area contributed by atoms with E-state index in [1.807, 2.05) is 24.3 Å². The molecule has 3 rings (SSSR count). The molecule has 0 spiro atoms. The number of rotatable bonds is 11. The molecule has 0 bridgehead atoms. The molecular weight excluding hydrogens is 510 g/mol. The lowest BCUT2D eigenvalue weighted by atomic mass is 9.85. The number of hydrogen-bond donors (Lipinski definition) is 3. The molecule has 3 amide bonds. The van der Waals surface area contributed by atoms with E-state index in [0.717, 1.165) is 16.0 Å². The van der Waals surface area contributed by atoms with Gasteiger partial charge < -0.3 is 25.4 Å². The smallest absolute Gasteiger partial charge is 0.246 e. The first-order valence-electron chi connectivity index (χ1n) is 12.2. The monoisotopic (exact) mass is 543 g/mol. The summed E-state index contributed by atoms with van der Waals surface area (Å²) in [6, 6.07) is 5.94. The van der Waals surface area contributed by atoms with Gasteiger partial charge in [0, 0.05) is 37.2 Å². The highest BCUT2D eigenvalue weighted by molar-refractivity contribution is 7.13. The van der Waals surface area contributed by atoms with E-state index in [4.69, 9.17) is 10.3 Å². The van der Waals surface area contributed by atoms with Crippen LogP contribution in [-0.2, 0) is 25.7 Å². The highest BCUT2D eigenvalue weighted by atomic mass is 32.1. The quantitative estimate of drug-likeness (QED) is 0.170. The molecule has 1 aromatic carbocycles. The Bertz CT molecular complexity index is 1140. The van der Waals surface area contributed by atoms with Crippen molar-refractivity contribution in [2.45, 2.75) is 51.9 Å². The highest BCUT2D eigenvalue weighted by Gasteiger charge is 2.44. The molecule has 3 atom stereocenters. The Labute approximate surface area is 225 Å². The number of amides is 3. The van der Waals surface area contributed by atoms with Crippen molar-refractivity contribution in [3.05, 3.63) is 52.0 Å². The van der Waals surface area contributed by atoms with E-state index in [9.17, 15) is 19.5 Å². The summed E-state index contributed by atoms with van der Waals surface area (Å²) in [5.74, 6) is -1.34. The van der Waals surface area contributed by atoms with Crippen molar-refractivity contribution in [1.82, 2.24) is 20.5 Å². The first-order chi connectivity index (χ1) is 18.1. The normalized spacial score (nSPS) is 17.9. The molecule has 1 fully saturated rings. The minimum atomic E-state index is -0.949. The van der Waals surface area contributed by atoms with Crippen LogP contribution in [0.1, 0.15) is 32.8 Å². The van der Waals surface area contributed by atoms with Gasteiger partial charge in [0.25, 0.3) is 0 Å². The number of azide groups is 1. The standard InChI is InChI=1S/C25H33N7O5S/c1-25(2,3)22(30-21(34)14-37-9-8-29-31-26)24(36)32-13-18(33)10-19(32)23(35)28-11-16-4-6-17(7-5-16)20-12-27-15-38-20/h4-7,12,15,18-19,22,33H,8-11,13-14H2,1-3H3,(H,28,35)(H,30,34)/t18-,19+,22-/m1/s1. The van der Waals surface area contributed by atoms with Crippen LogP contribution in [0, 0.1) is 5.41 Å². The van der Waals surface area contributed by atoms with Crippen molar-refractivity contribution in [3.8, 4) is 10.4 Å². The van der Waals surface area contributed by atoms with E-state index < -0.39 is 35.4 Å². The van der Waals surface area contributed by atoms with Crippen LogP contribution in [0.25, 0.3) is 20.9 Å². The number of carbonyl (C=O) groups excluding carboxylic acids is 3. The van der Waals surface area contributed by atoms with E-state index in [2.05, 4.69) is 25.6 Å². The number of benzene rings is 1. The molecule has 1 aliphatic rings. The van der Waals surface area contributed by atoms with Gasteiger partial charge in [-0.25, -0.2) is 0 Å². The van der Waals surface area contributed by atoms with Crippen molar-refractivity contribution in [3.63, 3.8) is 0 Å². The highest BCUT2D eigenvalue weighted by Crippen LogP contribution is 2.27. The molecule has 204 valence electrons. The zero-order chi connectivity index (χ0) is 27.7. The van der Waals surface area contributed by atoms with Gasteiger partial charge in [0.2, 0.25) is 17.7 Å². The largest absolute Gasteiger partial charge is 0.391 e. The van der Waals surface area contributed by atoms with Crippen LogP contribution in [0.3, 0.4) is 0 Å². The number of carbonyl (C=O) groups is 3. The van der Waals surface area contributed by atoms with Crippen LogP contribution >= 0.6 is 11.3 Å². The van der Waals surface area contributed by atoms with Gasteiger partial charge in [-0.3, -0.25) is 19.4 Å². The van der Waals surface area contributed by atoms with Crippen molar-refractivity contribution in [2.24, 2.45) is 10.5 Å². The van der Waals surface area contributed by atoms with Crippen LogP contribution in [0.4, 0.5) is 0 Å². The van der Waals surface area contributed by atoms with E-state index in [1.54, 1.807) is 43.8 Å². The maximum absolute atomic E-state index is 13.5. The lowest BCUT2D eigenvalue weighted by Gasteiger charge is -2.35. The number of β-amino-alcohol motifs (C(OH)–C–C–N with tert-alkyl or cyclic N) is 1. The number of likely N-dealkylation sites (tertiary alicyclic amines) is 1. The number of ether oxygens (including phenoxy) is 1. The van der Waals surface area contributed by atoms with Gasteiger partial charge >= 0.3 is 0 Å². The third kappa shape index (κ3) is 7.99. The lowest BCUT2D eigenvalue weighted by Crippen LogP contribution is -2.58. The third-order valence-corrected chi connectivity index (χ3v) is 6.87. The minimum Gasteiger partial charge on any atom is -0.391 e. The van der Waals surface area contributed by atoms with Gasteiger partial charge in [0.05, 0.1) is 23.1 Å². The zero-order valence-corrected chi connectivity index (χ0v) is 22.5. The predicted octanol–water partition coefficient (Wildman–Crippen LogP) is 2.25. The molecule has 2 aromatic rings. The SMILES string of the molecule is CC(C)(C)[C@H](NC(=O)COCCN=[N+]=[N-])C(=O)N1C[C@H](O)C[C@H]1C(=O)NCc1ccc(-c2cncs2)cc1. The summed E-state index contributed by atoms with van der Waals surface area (Å²) in [5.41, 5.74) is 11.3. The molecule has 2 heterocycles. The first kappa shape index (κ1) is 29.1. The summed E-state index contributed by atoms with van der Waals surface area (Å²) in [5, 5.41) is 19.2. The molecule has 1 aromatic heterocycles. The second-order valence-electron chi connectivity index (χ2n) is 10.0. The number of thiazole rings is 1. The van der Waals surface area contributed by atoms with Crippen LogP contribution < -0.4 is 10.6 Å². The molecule has 13 heteroatoms. The minimum absolute atomic E-state index is 0.00835. The number of nitrogens with zero attached hydrogens (tertiary/aromatic N) is 5. The van der Waals surface area contributed by atoms with E-state index >= 15 is 0 Å². The fraction of sp³-hybridized carbons (Fsp3) is 0.520. The summed E-state index contributed by atoms with van der Waals surface area (Å²) in [4.78, 5) is 48.2. The van der Waals surface area contributed by atoms with Crippen LogP contribution in [0.15, 0.2) is 41.1 Å². The molecule has 38 heavy (non-hydrogen) atoms. The van der Waals surface area contributed by atoms with Gasteiger partial charge in [0.1, 0.15) is 18.7 Å². The Morgan fingerprint density at radius 2 is 2.05 bits per heavy atom. The van der Waals surface area contributed by atoms with Gasteiger partial charge in [-0.15, -0.1) is 11.3 Å². The summed E-state index contributed by atoms with van der Waals surface area (Å²) >= 11 is 1.54. The Kier molecular flexibility index (Phi) is 10.2. The number of aliphatic hydroxyl groups is 1. The zero-order valence-electron chi connectivity index (χ0n) is 21.7. The van der Waals surface area contributed by atoms with Gasteiger partial charge in [-0.1, -0.05) is 50.2 Å². The fourth-order valence-corrected chi connectivity index (χ4v) is 4.72. The molecule has 1 saturated heterocycles. The maximum atomic E-state index is 13.5. The van der Waals surface area contributed by atoms with E-state index in [0.29, 0.717) is 0 Å². The first-order valence-corrected chi connectivity index (χ1v) is 13.1. The topological polar surface area (TPSA) is 170 Å². The van der Waals surface area contributed by atoms with Crippen molar-refractivity contribution >= 4 is 29.1 Å². The maximum Gasteiger partial charge on any atom is 0.246 e. The number of hydrogen-bond acceptors (Lipinski definition) is 8. The molecule has 0 saturated carbocycles. The average Bonchev–Trinajstić information content (AvgIpc) is 3.55. The lowest BCUT2D eigenvalue weighted by molar-refractivity contribution is -0.144. The van der Waals surface area contributed by atoms with E-state index in [1.165, 1.54) is 4.90 Å². The summed E-state index contributed by atoms with van der Waals surface area (Å²) < 4.78 is 5.19. The molecule has 0 radical (unpaired) electrons. The third-order valence-electron chi connectivity index (χ3n) is 6.05. The van der Waals surface area contributed by atoms with Gasteiger partial charge in [-0.05, 0) is 22.1 Å². The summed E-state index contributed by atoms with van der Waals surface area (Å²) in [6.45, 7) is 5.51. The Morgan fingerprint density at radius 3 is 2.68 bits per heavy atom. The average molecular weight is 544 g/mol. The Balaban J connectivity index is 1.61. The second-order valence-corrected chi connectivity index (χ2v) is 10.9. The van der Waals surface area contributed by atoms with Gasteiger partial charge in [-0.2, -0.15) is 0 Å². The molecule has 1 aliphatic heterocycles. The molecular formula is C25H33N7O5S. The van der Waals surface area contributed by atoms with Crippen molar-refractivity contribution < 1.29 is 24.2 Å². The van der Waals surface area contributed by atoms with Crippen molar-refractivity contribution in [2.75, 3.05) is 26.3 Å².